The van der Waals surface area contributed by atoms with Crippen LogP contribution in [-0.4, -0.2) is 42.5 Å². The molecular weight excluding hydrogens is 202 g/mol. The molecule has 3 nitrogen and oxygen atoms in total. The highest BCUT2D eigenvalue weighted by molar-refractivity contribution is 6.30. The van der Waals surface area contributed by atoms with Gasteiger partial charge in [0.15, 0.2) is 0 Å². The number of amides is 1. The lowest BCUT2D eigenvalue weighted by molar-refractivity contribution is -0.132. The molecule has 0 saturated carbocycles. The van der Waals surface area contributed by atoms with Crippen molar-refractivity contribution in [1.29, 1.82) is 0 Å². The predicted octanol–water partition coefficient (Wildman–Crippen LogP) is 1.11. The lowest BCUT2D eigenvalue weighted by atomic mass is 9.88. The van der Waals surface area contributed by atoms with Crippen LogP contribution in [0.3, 0.4) is 0 Å². The number of nitrogens with zero attached hydrogens (tertiary/aromatic N) is 1. The van der Waals surface area contributed by atoms with Crippen LogP contribution in [0.15, 0.2) is 0 Å². The Morgan fingerprint density at radius 2 is 2.21 bits per heavy atom. The summed E-state index contributed by atoms with van der Waals surface area (Å²) in [6.07, 6.45) is 1.07. The smallest absolute Gasteiger partial charge is 0.240 e. The number of likely N-dealkylation sites (tertiary alicyclic amines) is 1. The van der Waals surface area contributed by atoms with E-state index in [4.69, 9.17) is 16.3 Å². The summed E-state index contributed by atoms with van der Waals surface area (Å²) in [6.45, 7) is 5.11. The van der Waals surface area contributed by atoms with E-state index in [2.05, 4.69) is 0 Å². The molecule has 2 rings (SSSR count). The molecule has 0 bridgehead atoms. The Kier molecular flexibility index (Phi) is 2.98. The van der Waals surface area contributed by atoms with Gasteiger partial charge in [0.2, 0.25) is 5.91 Å². The first-order valence-electron chi connectivity index (χ1n) is 5.19. The molecule has 80 valence electrons. The molecular formula is C10H16ClNO2. The standard InChI is InChI=1S/C10H16ClNO2/c1-7(11)10(13)12-3-2-8-5-14-6-9(8)4-12/h7-9H,2-6H2,1H3. The molecule has 0 aromatic heterocycles. The van der Waals surface area contributed by atoms with Crippen LogP contribution in [0.2, 0.25) is 0 Å². The lowest BCUT2D eigenvalue weighted by Crippen LogP contribution is -2.45. The normalized spacial score (nSPS) is 34.0. The molecule has 0 aromatic rings. The van der Waals surface area contributed by atoms with Gasteiger partial charge in [0.1, 0.15) is 5.38 Å². The number of carbonyl (C=O) groups is 1. The number of halogens is 1. The first-order chi connectivity index (χ1) is 6.68. The van der Waals surface area contributed by atoms with Crippen LogP contribution in [0.1, 0.15) is 13.3 Å². The van der Waals surface area contributed by atoms with Gasteiger partial charge in [-0.3, -0.25) is 4.79 Å². The highest BCUT2D eigenvalue weighted by atomic mass is 35.5. The van der Waals surface area contributed by atoms with Gasteiger partial charge in [-0.1, -0.05) is 0 Å². The topological polar surface area (TPSA) is 29.5 Å². The second-order valence-electron chi connectivity index (χ2n) is 4.25. The van der Waals surface area contributed by atoms with E-state index in [0.717, 1.165) is 32.7 Å². The van der Waals surface area contributed by atoms with Crippen LogP contribution in [0, 0.1) is 11.8 Å². The second kappa shape index (κ2) is 4.07. The van der Waals surface area contributed by atoms with Crippen molar-refractivity contribution in [2.24, 2.45) is 11.8 Å². The third-order valence-corrected chi connectivity index (χ3v) is 3.39. The van der Waals surface area contributed by atoms with Crippen molar-refractivity contribution in [3.63, 3.8) is 0 Å². The number of piperidine rings is 1. The van der Waals surface area contributed by atoms with E-state index >= 15 is 0 Å². The minimum absolute atomic E-state index is 0.0667. The number of alkyl halides is 1. The molecule has 0 spiro atoms. The molecule has 14 heavy (non-hydrogen) atoms. The third-order valence-electron chi connectivity index (χ3n) is 3.21. The summed E-state index contributed by atoms with van der Waals surface area (Å²) < 4.78 is 5.41. The van der Waals surface area contributed by atoms with E-state index in [0.29, 0.717) is 11.8 Å². The number of rotatable bonds is 1. The Labute approximate surface area is 89.4 Å². The molecule has 2 saturated heterocycles. The van der Waals surface area contributed by atoms with Gasteiger partial charge in [0, 0.05) is 25.6 Å². The summed E-state index contributed by atoms with van der Waals surface area (Å²) >= 11 is 5.78. The Morgan fingerprint density at radius 1 is 1.50 bits per heavy atom. The number of hydrogen-bond acceptors (Lipinski definition) is 2. The zero-order valence-corrected chi connectivity index (χ0v) is 9.17. The third kappa shape index (κ3) is 1.89. The maximum absolute atomic E-state index is 11.6. The number of fused-ring (bicyclic) bond motifs is 1. The summed E-state index contributed by atoms with van der Waals surface area (Å²) in [7, 11) is 0. The average molecular weight is 218 g/mol. The quantitative estimate of drug-likeness (QED) is 0.616. The molecule has 0 aromatic carbocycles. The molecule has 2 aliphatic heterocycles. The van der Waals surface area contributed by atoms with Gasteiger partial charge in [0.05, 0.1) is 6.61 Å². The zero-order chi connectivity index (χ0) is 10.1. The van der Waals surface area contributed by atoms with Crippen LogP contribution in [-0.2, 0) is 9.53 Å². The van der Waals surface area contributed by atoms with Gasteiger partial charge >= 0.3 is 0 Å². The molecule has 2 heterocycles. The van der Waals surface area contributed by atoms with Gasteiger partial charge in [0.25, 0.3) is 0 Å². The summed E-state index contributed by atoms with van der Waals surface area (Å²) in [6, 6.07) is 0. The van der Waals surface area contributed by atoms with Gasteiger partial charge in [-0.15, -0.1) is 11.6 Å². The molecule has 4 heteroatoms. The SMILES string of the molecule is CC(Cl)C(=O)N1CCC2COCC2C1. The maximum Gasteiger partial charge on any atom is 0.240 e. The Hall–Kier alpha value is -0.280. The first kappa shape index (κ1) is 10.2. The minimum atomic E-state index is -0.395. The van der Waals surface area contributed by atoms with Crippen LogP contribution < -0.4 is 0 Å². The van der Waals surface area contributed by atoms with Crippen molar-refractivity contribution >= 4 is 17.5 Å². The first-order valence-corrected chi connectivity index (χ1v) is 5.62. The summed E-state index contributed by atoms with van der Waals surface area (Å²) in [4.78, 5) is 13.5. The van der Waals surface area contributed by atoms with Crippen molar-refractivity contribution in [3.05, 3.63) is 0 Å². The summed E-state index contributed by atoms with van der Waals surface area (Å²) in [5.41, 5.74) is 0. The van der Waals surface area contributed by atoms with E-state index < -0.39 is 5.38 Å². The van der Waals surface area contributed by atoms with Gasteiger partial charge in [-0.25, -0.2) is 0 Å². The number of ether oxygens (including phenoxy) is 1. The van der Waals surface area contributed by atoms with Crippen molar-refractivity contribution in [2.75, 3.05) is 26.3 Å². The highest BCUT2D eigenvalue weighted by Crippen LogP contribution is 2.29. The molecule has 0 radical (unpaired) electrons. The minimum Gasteiger partial charge on any atom is -0.381 e. The number of hydrogen-bond donors (Lipinski definition) is 0. The largest absolute Gasteiger partial charge is 0.381 e. The van der Waals surface area contributed by atoms with Crippen molar-refractivity contribution in [2.45, 2.75) is 18.7 Å². The summed E-state index contributed by atoms with van der Waals surface area (Å²) in [5, 5.41) is -0.395. The molecule has 0 aliphatic carbocycles. The fraction of sp³-hybridized carbons (Fsp3) is 0.900. The van der Waals surface area contributed by atoms with Gasteiger partial charge in [-0.2, -0.15) is 0 Å². The van der Waals surface area contributed by atoms with E-state index in [1.165, 1.54) is 0 Å². The van der Waals surface area contributed by atoms with Crippen LogP contribution >= 0.6 is 11.6 Å². The van der Waals surface area contributed by atoms with Gasteiger partial charge in [-0.05, 0) is 19.3 Å². The lowest BCUT2D eigenvalue weighted by Gasteiger charge is -2.34. The zero-order valence-electron chi connectivity index (χ0n) is 8.41. The van der Waals surface area contributed by atoms with Crippen LogP contribution in [0.5, 0.6) is 0 Å². The van der Waals surface area contributed by atoms with Crippen molar-refractivity contribution < 1.29 is 9.53 Å². The van der Waals surface area contributed by atoms with E-state index in [9.17, 15) is 4.79 Å². The molecule has 0 N–H and O–H groups in total. The Morgan fingerprint density at radius 3 is 2.93 bits per heavy atom. The summed E-state index contributed by atoms with van der Waals surface area (Å²) in [5.74, 6) is 1.28. The average Bonchev–Trinajstić information content (AvgIpc) is 2.62. The monoisotopic (exact) mass is 217 g/mol. The van der Waals surface area contributed by atoms with E-state index in [1.54, 1.807) is 6.92 Å². The van der Waals surface area contributed by atoms with E-state index in [1.807, 2.05) is 4.90 Å². The molecule has 1 amide bonds. The molecule has 3 unspecified atom stereocenters. The molecule has 2 fully saturated rings. The number of carbonyl (C=O) groups excluding carboxylic acids is 1. The van der Waals surface area contributed by atoms with E-state index in [-0.39, 0.29) is 5.91 Å². The molecule has 2 aliphatic rings. The van der Waals surface area contributed by atoms with Crippen LogP contribution in [0.4, 0.5) is 0 Å². The molecule has 3 atom stereocenters. The van der Waals surface area contributed by atoms with Crippen molar-refractivity contribution in [3.8, 4) is 0 Å². The van der Waals surface area contributed by atoms with Crippen LogP contribution in [0.25, 0.3) is 0 Å². The predicted molar refractivity (Wildman–Crippen MR) is 54.3 cm³/mol. The maximum atomic E-state index is 11.6. The fourth-order valence-corrected chi connectivity index (χ4v) is 2.45. The Balaban J connectivity index is 1.94. The highest BCUT2D eigenvalue weighted by Gasteiger charge is 2.35. The second-order valence-corrected chi connectivity index (χ2v) is 4.90. The van der Waals surface area contributed by atoms with Gasteiger partial charge < -0.3 is 9.64 Å². The Bertz CT molecular complexity index is 232. The fourth-order valence-electron chi connectivity index (χ4n) is 2.31. The van der Waals surface area contributed by atoms with Crippen molar-refractivity contribution in [1.82, 2.24) is 4.90 Å².